The van der Waals surface area contributed by atoms with Crippen molar-refractivity contribution in [1.82, 2.24) is 8.61 Å². The molecule has 1 atom stereocenters. The molecule has 1 fully saturated rings. The van der Waals surface area contributed by atoms with Gasteiger partial charge >= 0.3 is 5.97 Å². The van der Waals surface area contributed by atoms with Gasteiger partial charge in [0.15, 0.2) is 0 Å². The van der Waals surface area contributed by atoms with E-state index in [2.05, 4.69) is 0 Å². The topological polar surface area (TPSA) is 77.9 Å². The number of hydrogen-bond acceptors (Lipinski definition) is 3. The van der Waals surface area contributed by atoms with Crippen LogP contribution in [0.15, 0.2) is 24.3 Å². The maximum atomic E-state index is 12.8. The minimum absolute atomic E-state index is 0.0445. The summed E-state index contributed by atoms with van der Waals surface area (Å²) in [6.07, 6.45) is 1.05. The zero-order valence-corrected chi connectivity index (χ0v) is 13.3. The summed E-state index contributed by atoms with van der Waals surface area (Å²) in [5.41, 5.74) is 1.23. The molecule has 1 aromatic carbocycles. The number of carboxylic acids is 1. The van der Waals surface area contributed by atoms with Crippen LogP contribution in [0.1, 0.15) is 24.5 Å². The van der Waals surface area contributed by atoms with E-state index in [1.54, 1.807) is 6.92 Å². The van der Waals surface area contributed by atoms with Gasteiger partial charge in [-0.3, -0.25) is 4.79 Å². The van der Waals surface area contributed by atoms with Gasteiger partial charge in [-0.05, 0) is 30.9 Å². The lowest BCUT2D eigenvalue weighted by molar-refractivity contribution is -0.146. The highest BCUT2D eigenvalue weighted by molar-refractivity contribution is 7.86. The predicted molar refractivity (Wildman–Crippen MR) is 81.4 cm³/mol. The second kappa shape index (κ2) is 5.33. The Bertz CT molecular complexity index is 703. The first-order chi connectivity index (χ1) is 10.3. The smallest absolute Gasteiger partial charge is 0.310 e. The zero-order chi connectivity index (χ0) is 16.0. The highest BCUT2D eigenvalue weighted by atomic mass is 32.2. The van der Waals surface area contributed by atoms with Crippen molar-refractivity contribution >= 4 is 16.2 Å². The normalized spacial score (nSPS) is 26.8. The Morgan fingerprint density at radius 3 is 2.50 bits per heavy atom. The minimum Gasteiger partial charge on any atom is -0.481 e. The summed E-state index contributed by atoms with van der Waals surface area (Å²) in [6.45, 7) is 2.72. The first kappa shape index (κ1) is 15.5. The van der Waals surface area contributed by atoms with E-state index in [4.69, 9.17) is 0 Å². The van der Waals surface area contributed by atoms with Gasteiger partial charge in [-0.1, -0.05) is 24.3 Å². The average molecular weight is 324 g/mol. The molecule has 0 saturated carbocycles. The zero-order valence-electron chi connectivity index (χ0n) is 12.5. The lowest BCUT2D eigenvalue weighted by Crippen LogP contribution is -2.46. The molecule has 0 radical (unpaired) electrons. The SMILES string of the molecule is CC1(C(=O)O)CCN(S(=O)(=O)N2CCc3ccccc3C2)C1. The lowest BCUT2D eigenvalue weighted by atomic mass is 9.90. The third-order valence-electron chi connectivity index (χ3n) is 4.70. The van der Waals surface area contributed by atoms with Crippen molar-refractivity contribution in [1.29, 1.82) is 0 Å². The number of nitrogens with zero attached hydrogens (tertiary/aromatic N) is 2. The number of fused-ring (bicyclic) bond motifs is 1. The van der Waals surface area contributed by atoms with E-state index in [-0.39, 0.29) is 13.1 Å². The van der Waals surface area contributed by atoms with Gasteiger partial charge in [-0.25, -0.2) is 0 Å². The second-order valence-corrected chi connectivity index (χ2v) is 8.24. The van der Waals surface area contributed by atoms with Crippen LogP contribution in [0.3, 0.4) is 0 Å². The van der Waals surface area contributed by atoms with Crippen molar-refractivity contribution in [2.75, 3.05) is 19.6 Å². The first-order valence-electron chi connectivity index (χ1n) is 7.38. The summed E-state index contributed by atoms with van der Waals surface area (Å²) < 4.78 is 28.3. The molecule has 1 unspecified atom stereocenters. The Kier molecular flexibility index (Phi) is 3.74. The molecule has 0 spiro atoms. The Balaban J connectivity index is 1.79. The Labute approximate surface area is 130 Å². The van der Waals surface area contributed by atoms with Crippen LogP contribution in [0.4, 0.5) is 0 Å². The lowest BCUT2D eigenvalue weighted by Gasteiger charge is -2.31. The fourth-order valence-electron chi connectivity index (χ4n) is 3.12. The molecule has 6 nitrogen and oxygen atoms in total. The number of aliphatic carboxylic acids is 1. The van der Waals surface area contributed by atoms with Gasteiger partial charge in [0.25, 0.3) is 10.2 Å². The first-order valence-corrected chi connectivity index (χ1v) is 8.78. The molecule has 0 aliphatic carbocycles. The van der Waals surface area contributed by atoms with Gasteiger partial charge in [0.1, 0.15) is 0 Å². The van der Waals surface area contributed by atoms with E-state index < -0.39 is 21.6 Å². The fourth-order valence-corrected chi connectivity index (χ4v) is 4.84. The molecule has 2 aliphatic rings. The molecule has 7 heteroatoms. The second-order valence-electron chi connectivity index (χ2n) is 6.31. The maximum Gasteiger partial charge on any atom is 0.310 e. The monoisotopic (exact) mass is 324 g/mol. The summed E-state index contributed by atoms with van der Waals surface area (Å²) in [5, 5.41) is 9.26. The van der Waals surface area contributed by atoms with E-state index in [0.29, 0.717) is 25.9 Å². The molecule has 120 valence electrons. The number of hydrogen-bond donors (Lipinski definition) is 1. The standard InChI is InChI=1S/C15H20N2O4S/c1-15(14(18)19)7-9-17(11-15)22(20,21)16-8-6-12-4-2-3-5-13(12)10-16/h2-5H,6-11H2,1H3,(H,18,19). The van der Waals surface area contributed by atoms with Crippen LogP contribution < -0.4 is 0 Å². The molecule has 3 rings (SSSR count). The van der Waals surface area contributed by atoms with Crippen LogP contribution in [0.2, 0.25) is 0 Å². The van der Waals surface area contributed by atoms with E-state index in [1.807, 2.05) is 24.3 Å². The van der Waals surface area contributed by atoms with Gasteiger partial charge in [-0.15, -0.1) is 0 Å². The van der Waals surface area contributed by atoms with Gasteiger partial charge in [0.2, 0.25) is 0 Å². The molecule has 0 aromatic heterocycles. The highest BCUT2D eigenvalue weighted by Crippen LogP contribution is 2.33. The summed E-state index contributed by atoms with van der Waals surface area (Å²) in [4.78, 5) is 11.3. The number of rotatable bonds is 3. The molecular weight excluding hydrogens is 304 g/mol. The van der Waals surface area contributed by atoms with Gasteiger partial charge in [0.05, 0.1) is 5.41 Å². The van der Waals surface area contributed by atoms with Crippen molar-refractivity contribution in [3.05, 3.63) is 35.4 Å². The number of benzene rings is 1. The number of carboxylic acid groups (broad SMARTS) is 1. The van der Waals surface area contributed by atoms with Crippen LogP contribution in [0.25, 0.3) is 0 Å². The van der Waals surface area contributed by atoms with Crippen LogP contribution in [0, 0.1) is 5.41 Å². The van der Waals surface area contributed by atoms with Crippen LogP contribution in [0.5, 0.6) is 0 Å². The minimum atomic E-state index is -3.61. The van der Waals surface area contributed by atoms with Gasteiger partial charge < -0.3 is 5.11 Å². The molecule has 1 saturated heterocycles. The van der Waals surface area contributed by atoms with Gasteiger partial charge in [-0.2, -0.15) is 17.0 Å². The fraction of sp³-hybridized carbons (Fsp3) is 0.533. The Morgan fingerprint density at radius 1 is 1.18 bits per heavy atom. The Morgan fingerprint density at radius 2 is 1.86 bits per heavy atom. The van der Waals surface area contributed by atoms with Crippen molar-refractivity contribution in [3.63, 3.8) is 0 Å². The molecular formula is C15H20N2O4S. The van der Waals surface area contributed by atoms with Gasteiger partial charge in [0, 0.05) is 26.2 Å². The Hall–Kier alpha value is -1.44. The van der Waals surface area contributed by atoms with Crippen molar-refractivity contribution in [3.8, 4) is 0 Å². The molecule has 0 bridgehead atoms. The molecule has 0 amide bonds. The summed E-state index contributed by atoms with van der Waals surface area (Å²) in [7, 11) is -3.61. The summed E-state index contributed by atoms with van der Waals surface area (Å²) in [6, 6.07) is 7.84. The molecule has 22 heavy (non-hydrogen) atoms. The third kappa shape index (κ3) is 2.53. The van der Waals surface area contributed by atoms with Crippen molar-refractivity contribution < 1.29 is 18.3 Å². The van der Waals surface area contributed by atoms with E-state index in [0.717, 1.165) is 5.56 Å². The predicted octanol–water partition coefficient (Wildman–Crippen LogP) is 1.09. The van der Waals surface area contributed by atoms with E-state index >= 15 is 0 Å². The van der Waals surface area contributed by atoms with Crippen molar-refractivity contribution in [2.24, 2.45) is 5.41 Å². The van der Waals surface area contributed by atoms with Crippen molar-refractivity contribution in [2.45, 2.75) is 26.3 Å². The summed E-state index contributed by atoms with van der Waals surface area (Å²) >= 11 is 0. The van der Waals surface area contributed by atoms with Crippen LogP contribution in [-0.4, -0.2) is 47.7 Å². The molecule has 2 aliphatic heterocycles. The number of carbonyl (C=O) groups is 1. The average Bonchev–Trinajstić information content (AvgIpc) is 2.91. The van der Waals surface area contributed by atoms with Crippen LogP contribution >= 0.6 is 0 Å². The highest BCUT2D eigenvalue weighted by Gasteiger charge is 2.46. The maximum absolute atomic E-state index is 12.8. The third-order valence-corrected chi connectivity index (χ3v) is 6.63. The van der Waals surface area contributed by atoms with Crippen LogP contribution in [-0.2, 0) is 28.0 Å². The molecule has 2 heterocycles. The quantitative estimate of drug-likeness (QED) is 0.903. The largest absolute Gasteiger partial charge is 0.481 e. The summed E-state index contributed by atoms with van der Waals surface area (Å²) in [5.74, 6) is -0.936. The van der Waals surface area contributed by atoms with E-state index in [1.165, 1.54) is 14.2 Å². The molecule has 1 N–H and O–H groups in total. The molecule has 1 aromatic rings. The van der Waals surface area contributed by atoms with E-state index in [9.17, 15) is 18.3 Å².